The van der Waals surface area contributed by atoms with E-state index in [9.17, 15) is 8.42 Å². The predicted molar refractivity (Wildman–Crippen MR) is 74.7 cm³/mol. The summed E-state index contributed by atoms with van der Waals surface area (Å²) in [5.41, 5.74) is 8.21. The van der Waals surface area contributed by atoms with E-state index in [1.165, 1.54) is 17.4 Å². The van der Waals surface area contributed by atoms with Gasteiger partial charge < -0.3 is 5.73 Å². The molecule has 0 aliphatic heterocycles. The molecule has 0 bridgehead atoms. The van der Waals surface area contributed by atoms with Gasteiger partial charge in [0, 0.05) is 9.85 Å². The van der Waals surface area contributed by atoms with Crippen molar-refractivity contribution in [2.75, 3.05) is 5.73 Å². The Morgan fingerprint density at radius 3 is 2.89 bits per heavy atom. The van der Waals surface area contributed by atoms with E-state index >= 15 is 0 Å². The first kappa shape index (κ1) is 13.5. The van der Waals surface area contributed by atoms with Crippen LogP contribution in [0.4, 0.5) is 5.69 Å². The summed E-state index contributed by atoms with van der Waals surface area (Å²) in [6, 6.07) is 4.70. The van der Waals surface area contributed by atoms with Crippen molar-refractivity contribution in [2.45, 2.75) is 11.4 Å². The molecule has 0 aliphatic rings. The molecular formula is C10H10BrN3O2S2. The van der Waals surface area contributed by atoms with E-state index in [1.807, 2.05) is 0 Å². The molecule has 1 aromatic carbocycles. The number of benzene rings is 1. The molecule has 2 aromatic rings. The van der Waals surface area contributed by atoms with Crippen LogP contribution in [0.2, 0.25) is 0 Å². The van der Waals surface area contributed by atoms with Crippen molar-refractivity contribution >= 4 is 43.0 Å². The Bertz CT molecular complexity index is 641. The van der Waals surface area contributed by atoms with Crippen LogP contribution in [-0.2, 0) is 16.6 Å². The quantitative estimate of drug-likeness (QED) is 0.828. The third-order valence-electron chi connectivity index (χ3n) is 2.19. The summed E-state index contributed by atoms with van der Waals surface area (Å²) in [4.78, 5) is 4.07. The molecule has 8 heteroatoms. The van der Waals surface area contributed by atoms with Crippen LogP contribution >= 0.6 is 27.3 Å². The lowest BCUT2D eigenvalue weighted by Gasteiger charge is -2.08. The summed E-state index contributed by atoms with van der Waals surface area (Å²) in [7, 11) is -3.63. The number of nitrogen functional groups attached to an aromatic ring is 1. The fourth-order valence-electron chi connectivity index (χ4n) is 1.31. The average molecular weight is 348 g/mol. The molecule has 0 radical (unpaired) electrons. The largest absolute Gasteiger partial charge is 0.398 e. The molecule has 0 amide bonds. The number of anilines is 1. The molecule has 5 nitrogen and oxygen atoms in total. The van der Waals surface area contributed by atoms with Gasteiger partial charge in [0.05, 0.1) is 23.4 Å². The number of nitrogens with two attached hydrogens (primary N) is 1. The minimum atomic E-state index is -3.63. The molecule has 18 heavy (non-hydrogen) atoms. The molecule has 3 N–H and O–H groups in total. The standard InChI is InChI=1S/C10H10BrN3O2S2/c11-7-1-2-9(12)10(3-7)18(15,16)14-4-8-5-17-6-13-8/h1-3,5-6,14H,4,12H2. The predicted octanol–water partition coefficient (Wildman–Crippen LogP) is 1.97. The minimum Gasteiger partial charge on any atom is -0.398 e. The first-order valence-corrected chi connectivity index (χ1v) is 8.13. The number of thiazole rings is 1. The zero-order chi connectivity index (χ0) is 13.2. The molecule has 0 aliphatic carbocycles. The van der Waals surface area contributed by atoms with Gasteiger partial charge in [-0.15, -0.1) is 11.3 Å². The fourth-order valence-corrected chi connectivity index (χ4v) is 3.54. The summed E-state index contributed by atoms with van der Waals surface area (Å²) in [5, 5.41) is 1.78. The van der Waals surface area contributed by atoms with E-state index < -0.39 is 10.0 Å². The summed E-state index contributed by atoms with van der Waals surface area (Å²) in [5.74, 6) is 0. The maximum Gasteiger partial charge on any atom is 0.243 e. The summed E-state index contributed by atoms with van der Waals surface area (Å²) >= 11 is 4.63. The third kappa shape index (κ3) is 3.08. The van der Waals surface area contributed by atoms with E-state index in [4.69, 9.17) is 5.73 Å². The van der Waals surface area contributed by atoms with Gasteiger partial charge in [0.1, 0.15) is 4.90 Å². The first-order valence-electron chi connectivity index (χ1n) is 4.91. The molecule has 1 aromatic heterocycles. The van der Waals surface area contributed by atoms with Crippen LogP contribution in [0.5, 0.6) is 0 Å². The van der Waals surface area contributed by atoms with Crippen molar-refractivity contribution in [2.24, 2.45) is 0 Å². The second-order valence-corrected chi connectivity index (χ2v) is 6.86. The minimum absolute atomic E-state index is 0.0621. The maximum absolute atomic E-state index is 12.1. The van der Waals surface area contributed by atoms with Crippen molar-refractivity contribution in [1.29, 1.82) is 0 Å². The van der Waals surface area contributed by atoms with E-state index in [0.29, 0.717) is 10.2 Å². The van der Waals surface area contributed by atoms with Crippen molar-refractivity contribution in [3.05, 3.63) is 39.3 Å². The van der Waals surface area contributed by atoms with Gasteiger partial charge in [-0.1, -0.05) is 15.9 Å². The van der Waals surface area contributed by atoms with Crippen LogP contribution in [0.3, 0.4) is 0 Å². The van der Waals surface area contributed by atoms with E-state index in [2.05, 4.69) is 25.6 Å². The third-order valence-corrected chi connectivity index (χ3v) is 4.78. The topological polar surface area (TPSA) is 85.1 Å². The molecule has 0 unspecified atom stereocenters. The van der Waals surface area contributed by atoms with Gasteiger partial charge in [0.2, 0.25) is 10.0 Å². The average Bonchev–Trinajstić information content (AvgIpc) is 2.83. The molecule has 2 rings (SSSR count). The Labute approximate surface area is 117 Å². The van der Waals surface area contributed by atoms with E-state index in [1.54, 1.807) is 23.0 Å². The SMILES string of the molecule is Nc1ccc(Br)cc1S(=O)(=O)NCc1cscn1. The molecule has 0 atom stereocenters. The van der Waals surface area contributed by atoms with Gasteiger partial charge in [0.15, 0.2) is 0 Å². The van der Waals surface area contributed by atoms with Gasteiger partial charge in [0.25, 0.3) is 0 Å². The van der Waals surface area contributed by atoms with Crippen LogP contribution in [0.15, 0.2) is 38.5 Å². The second-order valence-electron chi connectivity index (χ2n) is 3.49. The highest BCUT2D eigenvalue weighted by Gasteiger charge is 2.17. The normalized spacial score (nSPS) is 11.6. The number of aromatic nitrogens is 1. The number of sulfonamides is 1. The lowest BCUT2D eigenvalue weighted by molar-refractivity contribution is 0.581. The Morgan fingerprint density at radius 2 is 2.22 bits per heavy atom. The molecule has 0 saturated heterocycles. The Hall–Kier alpha value is -0.960. The van der Waals surface area contributed by atoms with Gasteiger partial charge in [-0.2, -0.15) is 0 Å². The zero-order valence-electron chi connectivity index (χ0n) is 9.13. The number of rotatable bonds is 4. The molecule has 1 heterocycles. The van der Waals surface area contributed by atoms with E-state index in [0.717, 1.165) is 0 Å². The Morgan fingerprint density at radius 1 is 1.44 bits per heavy atom. The summed E-state index contributed by atoms with van der Waals surface area (Å²) in [6.07, 6.45) is 0. The first-order chi connectivity index (χ1) is 8.49. The highest BCUT2D eigenvalue weighted by Crippen LogP contribution is 2.22. The smallest absolute Gasteiger partial charge is 0.243 e. The second kappa shape index (κ2) is 5.35. The van der Waals surface area contributed by atoms with E-state index in [-0.39, 0.29) is 17.1 Å². The highest BCUT2D eigenvalue weighted by atomic mass is 79.9. The molecular weight excluding hydrogens is 338 g/mol. The van der Waals surface area contributed by atoms with Crippen LogP contribution in [0.25, 0.3) is 0 Å². The lowest BCUT2D eigenvalue weighted by atomic mass is 10.3. The highest BCUT2D eigenvalue weighted by molar-refractivity contribution is 9.10. The maximum atomic E-state index is 12.1. The molecule has 96 valence electrons. The van der Waals surface area contributed by atoms with Crippen molar-refractivity contribution < 1.29 is 8.42 Å². The zero-order valence-corrected chi connectivity index (χ0v) is 12.3. The van der Waals surface area contributed by atoms with Crippen LogP contribution < -0.4 is 10.5 Å². The fraction of sp³-hybridized carbons (Fsp3) is 0.100. The van der Waals surface area contributed by atoms with Gasteiger partial charge in [-0.05, 0) is 18.2 Å². The Balaban J connectivity index is 2.22. The number of hydrogen-bond donors (Lipinski definition) is 2. The van der Waals surface area contributed by atoms with Crippen LogP contribution in [-0.4, -0.2) is 13.4 Å². The van der Waals surface area contributed by atoms with Gasteiger partial charge in [-0.3, -0.25) is 0 Å². The number of halogens is 1. The summed E-state index contributed by atoms with van der Waals surface area (Å²) in [6.45, 7) is 0.151. The van der Waals surface area contributed by atoms with Gasteiger partial charge >= 0.3 is 0 Å². The van der Waals surface area contributed by atoms with Crippen LogP contribution in [0, 0.1) is 0 Å². The number of nitrogens with zero attached hydrogens (tertiary/aromatic N) is 1. The van der Waals surface area contributed by atoms with Crippen molar-refractivity contribution in [1.82, 2.24) is 9.71 Å². The number of nitrogens with one attached hydrogen (secondary N) is 1. The van der Waals surface area contributed by atoms with Gasteiger partial charge in [-0.25, -0.2) is 18.1 Å². The molecule has 0 fully saturated rings. The van der Waals surface area contributed by atoms with Crippen molar-refractivity contribution in [3.63, 3.8) is 0 Å². The Kier molecular flexibility index (Phi) is 4.00. The number of hydrogen-bond acceptors (Lipinski definition) is 5. The monoisotopic (exact) mass is 347 g/mol. The molecule has 0 saturated carbocycles. The van der Waals surface area contributed by atoms with Crippen molar-refractivity contribution in [3.8, 4) is 0 Å². The summed E-state index contributed by atoms with van der Waals surface area (Å²) < 4.78 is 27.2. The van der Waals surface area contributed by atoms with Crippen LogP contribution in [0.1, 0.15) is 5.69 Å². The molecule has 0 spiro atoms. The lowest BCUT2D eigenvalue weighted by Crippen LogP contribution is -2.24.